The summed E-state index contributed by atoms with van der Waals surface area (Å²) in [5, 5.41) is 13.8. The molecule has 9 heteroatoms. The molecule has 3 atom stereocenters. The highest BCUT2D eigenvalue weighted by atomic mass is 31.2. The van der Waals surface area contributed by atoms with Crippen LogP contribution in [0.25, 0.3) is 0 Å². The maximum atomic E-state index is 12.9. The molecule has 1 amide bonds. The predicted octanol–water partition coefficient (Wildman–Crippen LogP) is 14.4. The lowest BCUT2D eigenvalue weighted by molar-refractivity contribution is -0.870. The van der Waals surface area contributed by atoms with E-state index in [0.29, 0.717) is 17.4 Å². The van der Waals surface area contributed by atoms with Gasteiger partial charge in [-0.2, -0.15) is 0 Å². The lowest BCUT2D eigenvalue weighted by Gasteiger charge is -2.25. The molecule has 352 valence electrons. The third kappa shape index (κ3) is 44.5. The summed E-state index contributed by atoms with van der Waals surface area (Å²) < 4.78 is 23.5. The van der Waals surface area contributed by atoms with Gasteiger partial charge in [-0.05, 0) is 64.2 Å². The van der Waals surface area contributed by atoms with Crippen LogP contribution in [0.1, 0.15) is 219 Å². The van der Waals surface area contributed by atoms with Crippen LogP contribution in [-0.4, -0.2) is 73.4 Å². The number of aliphatic hydroxyl groups excluding tert-OH is 1. The topological polar surface area (TPSA) is 105 Å². The van der Waals surface area contributed by atoms with E-state index < -0.39 is 20.0 Å². The van der Waals surface area contributed by atoms with Gasteiger partial charge in [0.15, 0.2) is 0 Å². The van der Waals surface area contributed by atoms with Gasteiger partial charge >= 0.3 is 7.82 Å². The predicted molar refractivity (Wildman–Crippen MR) is 258 cm³/mol. The van der Waals surface area contributed by atoms with Crippen molar-refractivity contribution in [2.75, 3.05) is 40.9 Å². The number of aliphatic hydroxyl groups is 1. The Labute approximate surface area is 371 Å². The second-order valence-electron chi connectivity index (χ2n) is 18.2. The summed E-state index contributed by atoms with van der Waals surface area (Å²) in [5.41, 5.74) is 0. The molecule has 0 fully saturated rings. The third-order valence-corrected chi connectivity index (χ3v) is 12.0. The van der Waals surface area contributed by atoms with Crippen LogP contribution >= 0.6 is 7.82 Å². The lowest BCUT2D eigenvalue weighted by Crippen LogP contribution is -2.45. The maximum Gasteiger partial charge on any atom is 0.472 e. The van der Waals surface area contributed by atoms with Crippen molar-refractivity contribution in [2.45, 2.75) is 231 Å². The molecule has 0 heterocycles. The van der Waals surface area contributed by atoms with Gasteiger partial charge in [0.05, 0.1) is 39.9 Å². The molecule has 3 N–H and O–H groups in total. The number of rotatable bonds is 45. The zero-order valence-electron chi connectivity index (χ0n) is 39.9. The van der Waals surface area contributed by atoms with Crippen LogP contribution in [0.3, 0.4) is 0 Å². The Hall–Kier alpha value is -1.54. The van der Waals surface area contributed by atoms with Crippen LogP contribution in [-0.2, 0) is 18.4 Å². The number of amides is 1. The quantitative estimate of drug-likeness (QED) is 0.0244. The summed E-state index contributed by atoms with van der Waals surface area (Å²) in [7, 11) is 1.54. The number of phosphoric ester groups is 1. The molecule has 0 aliphatic rings. The molecular formula is C51H98N2O6P+. The Morgan fingerprint density at radius 3 is 1.40 bits per heavy atom. The van der Waals surface area contributed by atoms with E-state index in [1.54, 1.807) is 6.08 Å². The molecule has 0 saturated heterocycles. The van der Waals surface area contributed by atoms with E-state index in [1.807, 2.05) is 27.2 Å². The molecule has 0 bridgehead atoms. The van der Waals surface area contributed by atoms with Gasteiger partial charge in [0.1, 0.15) is 13.2 Å². The number of quaternary nitrogens is 1. The first kappa shape index (κ1) is 58.5. The van der Waals surface area contributed by atoms with E-state index in [-0.39, 0.29) is 19.1 Å². The largest absolute Gasteiger partial charge is 0.472 e. The van der Waals surface area contributed by atoms with Gasteiger partial charge in [-0.3, -0.25) is 13.8 Å². The third-order valence-electron chi connectivity index (χ3n) is 11.0. The normalized spacial score (nSPS) is 14.6. The molecule has 0 spiro atoms. The summed E-state index contributed by atoms with van der Waals surface area (Å²) >= 11 is 0. The molecule has 0 aliphatic carbocycles. The zero-order chi connectivity index (χ0) is 44.3. The number of hydrogen-bond acceptors (Lipinski definition) is 5. The molecule has 0 radical (unpaired) electrons. The van der Waals surface area contributed by atoms with Crippen LogP contribution in [0.2, 0.25) is 0 Å². The first-order valence-electron chi connectivity index (χ1n) is 25.0. The summed E-state index contributed by atoms with van der Waals surface area (Å²) in [6.45, 7) is 4.71. The van der Waals surface area contributed by atoms with Gasteiger partial charge in [0, 0.05) is 6.42 Å². The Balaban J connectivity index is 4.15. The number of unbranched alkanes of at least 4 members (excludes halogenated alkanes) is 26. The molecule has 0 aliphatic heterocycles. The minimum Gasteiger partial charge on any atom is -0.387 e. The van der Waals surface area contributed by atoms with Gasteiger partial charge in [0.25, 0.3) is 0 Å². The van der Waals surface area contributed by atoms with Gasteiger partial charge in [0.2, 0.25) is 5.91 Å². The van der Waals surface area contributed by atoms with Crippen molar-refractivity contribution in [3.05, 3.63) is 48.6 Å². The van der Waals surface area contributed by atoms with E-state index in [2.05, 4.69) is 55.6 Å². The van der Waals surface area contributed by atoms with Crippen molar-refractivity contribution in [1.29, 1.82) is 0 Å². The Morgan fingerprint density at radius 2 is 0.950 bits per heavy atom. The van der Waals surface area contributed by atoms with E-state index in [1.165, 1.54) is 148 Å². The highest BCUT2D eigenvalue weighted by Crippen LogP contribution is 2.43. The molecule has 8 nitrogen and oxygen atoms in total. The van der Waals surface area contributed by atoms with E-state index in [9.17, 15) is 19.4 Å². The number of likely N-dealkylation sites (N-methyl/N-ethyl adjacent to an activating group) is 1. The lowest BCUT2D eigenvalue weighted by atomic mass is 10.0. The molecule has 0 rings (SSSR count). The van der Waals surface area contributed by atoms with Crippen LogP contribution in [0, 0.1) is 0 Å². The Bertz CT molecular complexity index is 1120. The molecule has 0 aromatic carbocycles. The first-order valence-corrected chi connectivity index (χ1v) is 26.5. The summed E-state index contributed by atoms with van der Waals surface area (Å²) in [6.07, 6.45) is 55.0. The number of phosphoric acid groups is 1. The van der Waals surface area contributed by atoms with Crippen molar-refractivity contribution in [3.63, 3.8) is 0 Å². The second kappa shape index (κ2) is 42.7. The fourth-order valence-electron chi connectivity index (χ4n) is 7.02. The SMILES string of the molecule is CCC/C=C/CC/C=C/CC/C=C/C(O)C(COP(=O)(O)OCC[N+](C)(C)C)NC(=O)CCCCCCCCCCCCC/C=C\CCCCCCCCCCCCCC. The van der Waals surface area contributed by atoms with Crippen molar-refractivity contribution >= 4 is 13.7 Å². The van der Waals surface area contributed by atoms with Crippen molar-refractivity contribution in [3.8, 4) is 0 Å². The first-order chi connectivity index (χ1) is 29.0. The van der Waals surface area contributed by atoms with Gasteiger partial charge in [-0.15, -0.1) is 0 Å². The molecule has 0 aromatic rings. The molecule has 0 aromatic heterocycles. The second-order valence-corrected chi connectivity index (χ2v) is 19.6. The van der Waals surface area contributed by atoms with E-state index in [4.69, 9.17) is 9.05 Å². The van der Waals surface area contributed by atoms with Gasteiger partial charge in [-0.25, -0.2) is 4.57 Å². The molecule has 3 unspecified atom stereocenters. The average Bonchev–Trinajstić information content (AvgIpc) is 3.20. The standard InChI is InChI=1S/C51H97N2O6P/c1-6-8-10-12-14-16-18-19-20-21-22-23-24-25-26-27-28-29-30-31-32-33-35-37-39-41-43-45-51(55)52-49(48-59-60(56,57)58-47-46-53(3,4)5)50(54)44-42-40-38-36-34-17-15-13-11-9-7-2/h11,13,25-26,34,36,42,44,49-50,54H,6-10,12,14-24,27-33,35,37-41,43,45-48H2,1-5H3,(H-,52,55,56,57)/p+1/b13-11+,26-25-,36-34+,44-42+. The van der Waals surface area contributed by atoms with Crippen LogP contribution in [0.15, 0.2) is 48.6 Å². The van der Waals surface area contributed by atoms with Crippen LogP contribution < -0.4 is 5.32 Å². The number of nitrogens with one attached hydrogen (secondary N) is 1. The fourth-order valence-corrected chi connectivity index (χ4v) is 7.75. The van der Waals surface area contributed by atoms with Gasteiger partial charge in [-0.1, -0.05) is 197 Å². The Morgan fingerprint density at radius 1 is 0.550 bits per heavy atom. The number of hydrogen-bond donors (Lipinski definition) is 3. The molecule has 60 heavy (non-hydrogen) atoms. The summed E-state index contributed by atoms with van der Waals surface area (Å²) in [5.74, 6) is -0.194. The van der Waals surface area contributed by atoms with Crippen LogP contribution in [0.5, 0.6) is 0 Å². The Kier molecular flexibility index (Phi) is 41.6. The average molecular weight is 866 g/mol. The smallest absolute Gasteiger partial charge is 0.387 e. The van der Waals surface area contributed by atoms with Crippen molar-refractivity contribution in [2.24, 2.45) is 0 Å². The highest BCUT2D eigenvalue weighted by molar-refractivity contribution is 7.47. The summed E-state index contributed by atoms with van der Waals surface area (Å²) in [4.78, 5) is 23.1. The van der Waals surface area contributed by atoms with E-state index in [0.717, 1.165) is 51.4 Å². The number of carbonyl (C=O) groups excluding carboxylic acids is 1. The minimum atomic E-state index is -4.35. The van der Waals surface area contributed by atoms with Gasteiger partial charge < -0.3 is 19.8 Å². The molecule has 0 saturated carbocycles. The zero-order valence-corrected chi connectivity index (χ0v) is 40.8. The number of carbonyl (C=O) groups is 1. The monoisotopic (exact) mass is 866 g/mol. The van der Waals surface area contributed by atoms with Crippen molar-refractivity contribution < 1.29 is 32.9 Å². The number of allylic oxidation sites excluding steroid dienone is 7. The number of nitrogens with zero attached hydrogens (tertiary/aromatic N) is 1. The van der Waals surface area contributed by atoms with Crippen LogP contribution in [0.4, 0.5) is 0 Å². The molecular weight excluding hydrogens is 768 g/mol. The summed E-state index contributed by atoms with van der Waals surface area (Å²) in [6, 6.07) is -0.868. The maximum absolute atomic E-state index is 12.9. The minimum absolute atomic E-state index is 0.0525. The van der Waals surface area contributed by atoms with Crippen molar-refractivity contribution in [1.82, 2.24) is 5.32 Å². The fraction of sp³-hybridized carbons (Fsp3) is 0.824. The van der Waals surface area contributed by atoms with E-state index >= 15 is 0 Å². The highest BCUT2D eigenvalue weighted by Gasteiger charge is 2.27.